The van der Waals surface area contributed by atoms with E-state index in [2.05, 4.69) is 10.5 Å². The van der Waals surface area contributed by atoms with E-state index in [0.717, 1.165) is 27.9 Å². The number of carbonyl (C=O) groups excluding carboxylic acids is 1. The molecule has 2 aromatic heterocycles. The van der Waals surface area contributed by atoms with Gasteiger partial charge in [0.05, 0.1) is 28.7 Å². The van der Waals surface area contributed by atoms with Crippen LogP contribution in [0.3, 0.4) is 0 Å². The van der Waals surface area contributed by atoms with Crippen molar-refractivity contribution < 1.29 is 4.79 Å². The van der Waals surface area contributed by atoms with Crippen LogP contribution in [0.2, 0.25) is 0 Å². The molecule has 0 bridgehead atoms. The van der Waals surface area contributed by atoms with E-state index in [-0.39, 0.29) is 5.91 Å². The Balaban J connectivity index is 1.70. The fourth-order valence-corrected chi connectivity index (χ4v) is 2.95. The highest BCUT2D eigenvalue weighted by atomic mass is 16.2. The van der Waals surface area contributed by atoms with E-state index in [1.165, 1.54) is 0 Å². The van der Waals surface area contributed by atoms with E-state index in [1.54, 1.807) is 6.21 Å². The first-order chi connectivity index (χ1) is 13.2. The zero-order valence-electron chi connectivity index (χ0n) is 14.8. The van der Waals surface area contributed by atoms with Crippen molar-refractivity contribution >= 4 is 23.0 Å². The third-order valence-corrected chi connectivity index (χ3v) is 4.38. The quantitative estimate of drug-likeness (QED) is 0.445. The largest absolute Gasteiger partial charge is 0.350 e. The molecule has 0 aliphatic rings. The standard InChI is InChI=1S/C22H18N4O/c1-26-13-7-10-17(26)15-23-25-22(27)19-14-21(16-8-3-2-4-9-16)24-20-12-6-5-11-18(19)20/h2-15H,1H3,(H,25,27)/b23-15+. The molecule has 5 nitrogen and oxygen atoms in total. The Hall–Kier alpha value is -3.73. The van der Waals surface area contributed by atoms with Gasteiger partial charge in [0.2, 0.25) is 0 Å². The minimum atomic E-state index is -0.267. The zero-order valence-corrected chi connectivity index (χ0v) is 14.8. The van der Waals surface area contributed by atoms with Gasteiger partial charge in [-0.15, -0.1) is 0 Å². The Kier molecular flexibility index (Phi) is 4.49. The van der Waals surface area contributed by atoms with Crippen LogP contribution in [0.5, 0.6) is 0 Å². The maximum absolute atomic E-state index is 12.8. The minimum Gasteiger partial charge on any atom is -0.350 e. The molecular weight excluding hydrogens is 336 g/mol. The summed E-state index contributed by atoms with van der Waals surface area (Å²) in [5.41, 5.74) is 6.56. The molecule has 0 saturated carbocycles. The molecule has 1 amide bonds. The number of amides is 1. The Morgan fingerprint density at radius 3 is 2.59 bits per heavy atom. The number of aromatic nitrogens is 2. The highest BCUT2D eigenvalue weighted by Gasteiger charge is 2.13. The summed E-state index contributed by atoms with van der Waals surface area (Å²) in [4.78, 5) is 17.5. The third kappa shape index (κ3) is 3.48. The predicted octanol–water partition coefficient (Wildman–Crippen LogP) is 4.00. The molecule has 0 saturated heterocycles. The van der Waals surface area contributed by atoms with E-state index in [0.29, 0.717) is 5.56 Å². The van der Waals surface area contributed by atoms with Crippen molar-refractivity contribution in [1.29, 1.82) is 0 Å². The highest BCUT2D eigenvalue weighted by molar-refractivity contribution is 6.07. The summed E-state index contributed by atoms with van der Waals surface area (Å²) in [5, 5.41) is 4.89. The molecule has 0 fully saturated rings. The first-order valence-electron chi connectivity index (χ1n) is 8.62. The zero-order chi connectivity index (χ0) is 18.6. The van der Waals surface area contributed by atoms with Gasteiger partial charge in [0.1, 0.15) is 0 Å². The van der Waals surface area contributed by atoms with Gasteiger partial charge in [-0.1, -0.05) is 48.5 Å². The first kappa shape index (κ1) is 16.7. The van der Waals surface area contributed by atoms with Gasteiger partial charge in [0, 0.05) is 24.2 Å². The number of nitrogens with one attached hydrogen (secondary N) is 1. The number of hydrazone groups is 1. The van der Waals surface area contributed by atoms with Crippen molar-refractivity contribution in [3.05, 3.63) is 90.3 Å². The second kappa shape index (κ2) is 7.25. The second-order valence-electron chi connectivity index (χ2n) is 6.18. The van der Waals surface area contributed by atoms with Crippen LogP contribution in [-0.2, 0) is 7.05 Å². The number of rotatable bonds is 4. The molecule has 4 rings (SSSR count). The molecule has 0 aliphatic heterocycles. The normalized spacial score (nSPS) is 11.1. The lowest BCUT2D eigenvalue weighted by Crippen LogP contribution is -2.18. The van der Waals surface area contributed by atoms with Gasteiger partial charge in [0.25, 0.3) is 5.91 Å². The number of benzene rings is 2. The molecule has 132 valence electrons. The average molecular weight is 354 g/mol. The summed E-state index contributed by atoms with van der Waals surface area (Å²) < 4.78 is 1.92. The second-order valence-corrected chi connectivity index (χ2v) is 6.18. The molecule has 2 aromatic carbocycles. The van der Waals surface area contributed by atoms with Crippen molar-refractivity contribution in [2.75, 3.05) is 0 Å². The molecule has 27 heavy (non-hydrogen) atoms. The lowest BCUT2D eigenvalue weighted by atomic mass is 10.0. The van der Waals surface area contributed by atoms with Crippen molar-refractivity contribution in [2.45, 2.75) is 0 Å². The van der Waals surface area contributed by atoms with Crippen LogP contribution in [-0.4, -0.2) is 21.7 Å². The number of fused-ring (bicyclic) bond motifs is 1. The number of hydrogen-bond donors (Lipinski definition) is 1. The molecule has 0 aliphatic carbocycles. The van der Waals surface area contributed by atoms with Crippen LogP contribution in [0, 0.1) is 0 Å². The van der Waals surface area contributed by atoms with Crippen LogP contribution in [0.25, 0.3) is 22.2 Å². The SMILES string of the molecule is Cn1cccc1/C=N/NC(=O)c1cc(-c2ccccc2)nc2ccccc12. The van der Waals surface area contributed by atoms with Gasteiger partial charge >= 0.3 is 0 Å². The molecule has 0 unspecified atom stereocenters. The number of hydrogen-bond acceptors (Lipinski definition) is 3. The topological polar surface area (TPSA) is 59.3 Å². The molecule has 0 spiro atoms. The fourth-order valence-electron chi connectivity index (χ4n) is 2.95. The highest BCUT2D eigenvalue weighted by Crippen LogP contribution is 2.24. The minimum absolute atomic E-state index is 0.267. The lowest BCUT2D eigenvalue weighted by Gasteiger charge is -2.09. The Morgan fingerprint density at radius 2 is 1.81 bits per heavy atom. The van der Waals surface area contributed by atoms with Gasteiger partial charge in [-0.05, 0) is 24.3 Å². The maximum Gasteiger partial charge on any atom is 0.272 e. The third-order valence-electron chi connectivity index (χ3n) is 4.38. The average Bonchev–Trinajstić information content (AvgIpc) is 3.12. The van der Waals surface area contributed by atoms with E-state index < -0.39 is 0 Å². The lowest BCUT2D eigenvalue weighted by molar-refractivity contribution is 0.0956. The van der Waals surface area contributed by atoms with Crippen LogP contribution < -0.4 is 5.43 Å². The number of pyridine rings is 1. The van der Waals surface area contributed by atoms with Gasteiger partial charge in [0.15, 0.2) is 0 Å². The number of nitrogens with zero attached hydrogens (tertiary/aromatic N) is 3. The van der Waals surface area contributed by atoms with E-state index >= 15 is 0 Å². The van der Waals surface area contributed by atoms with Gasteiger partial charge < -0.3 is 4.57 Å². The van der Waals surface area contributed by atoms with Crippen LogP contribution in [0.1, 0.15) is 16.1 Å². The van der Waals surface area contributed by atoms with Gasteiger partial charge in [-0.2, -0.15) is 5.10 Å². The van der Waals surface area contributed by atoms with E-state index in [1.807, 2.05) is 90.6 Å². The summed E-state index contributed by atoms with van der Waals surface area (Å²) >= 11 is 0. The molecular formula is C22H18N4O. The molecule has 0 atom stereocenters. The molecule has 5 heteroatoms. The number of carbonyl (C=O) groups is 1. The summed E-state index contributed by atoms with van der Waals surface area (Å²) in [6, 6.07) is 23.1. The van der Waals surface area contributed by atoms with Gasteiger partial charge in [-0.3, -0.25) is 4.79 Å². The van der Waals surface area contributed by atoms with E-state index in [4.69, 9.17) is 4.98 Å². The van der Waals surface area contributed by atoms with Crippen LogP contribution in [0.4, 0.5) is 0 Å². The van der Waals surface area contributed by atoms with Crippen molar-refractivity contribution in [3.63, 3.8) is 0 Å². The van der Waals surface area contributed by atoms with Crippen molar-refractivity contribution in [2.24, 2.45) is 12.1 Å². The summed E-state index contributed by atoms with van der Waals surface area (Å²) in [6.07, 6.45) is 3.55. The molecule has 2 heterocycles. The monoisotopic (exact) mass is 354 g/mol. The molecule has 1 N–H and O–H groups in total. The van der Waals surface area contributed by atoms with Gasteiger partial charge in [-0.25, -0.2) is 10.4 Å². The predicted molar refractivity (Wildman–Crippen MR) is 108 cm³/mol. The van der Waals surface area contributed by atoms with Crippen molar-refractivity contribution in [3.8, 4) is 11.3 Å². The molecule has 0 radical (unpaired) electrons. The van der Waals surface area contributed by atoms with E-state index in [9.17, 15) is 4.79 Å². The number of para-hydroxylation sites is 1. The maximum atomic E-state index is 12.8. The Labute approximate surface area is 157 Å². The smallest absolute Gasteiger partial charge is 0.272 e. The van der Waals surface area contributed by atoms with Crippen LogP contribution in [0.15, 0.2) is 84.1 Å². The Bertz CT molecular complexity index is 1130. The summed E-state index contributed by atoms with van der Waals surface area (Å²) in [7, 11) is 1.92. The fraction of sp³-hybridized carbons (Fsp3) is 0.0455. The first-order valence-corrected chi connectivity index (χ1v) is 8.62. The Morgan fingerprint density at radius 1 is 1.04 bits per heavy atom. The molecule has 4 aromatic rings. The van der Waals surface area contributed by atoms with Crippen LogP contribution >= 0.6 is 0 Å². The summed E-state index contributed by atoms with van der Waals surface area (Å²) in [5.74, 6) is -0.267. The number of aryl methyl sites for hydroxylation is 1. The summed E-state index contributed by atoms with van der Waals surface area (Å²) in [6.45, 7) is 0. The van der Waals surface area contributed by atoms with Crippen molar-refractivity contribution in [1.82, 2.24) is 15.0 Å².